The van der Waals surface area contributed by atoms with Gasteiger partial charge in [0.1, 0.15) is 31.0 Å². The quantitative estimate of drug-likeness (QED) is 0.133. The van der Waals surface area contributed by atoms with Crippen LogP contribution in [0.4, 0.5) is 0 Å². The molecule has 230 valence electrons. The minimum atomic E-state index is -0.519. The maximum atomic E-state index is 6.69. The summed E-state index contributed by atoms with van der Waals surface area (Å²) < 4.78 is 32.1. The van der Waals surface area contributed by atoms with E-state index >= 15 is 0 Å². The van der Waals surface area contributed by atoms with E-state index in [1.165, 1.54) is 0 Å². The lowest BCUT2D eigenvalue weighted by Crippen LogP contribution is -2.38. The van der Waals surface area contributed by atoms with Gasteiger partial charge in [0.05, 0.1) is 44.0 Å². The van der Waals surface area contributed by atoms with Gasteiger partial charge >= 0.3 is 0 Å². The Morgan fingerprint density at radius 3 is 1.62 bits per heavy atom. The second-order valence-electron chi connectivity index (χ2n) is 11.1. The summed E-state index contributed by atoms with van der Waals surface area (Å²) in [7, 11) is 0. The van der Waals surface area contributed by atoms with Gasteiger partial charge in [-0.2, -0.15) is 0 Å². The summed E-state index contributed by atoms with van der Waals surface area (Å²) in [5.74, 6) is 0.488. The van der Waals surface area contributed by atoms with Gasteiger partial charge in [0.15, 0.2) is 0 Å². The van der Waals surface area contributed by atoms with Crippen molar-refractivity contribution < 1.29 is 23.7 Å². The Labute approximate surface area is 264 Å². The number of rotatable bonds is 14. The van der Waals surface area contributed by atoms with E-state index in [0.29, 0.717) is 50.3 Å². The highest BCUT2D eigenvalue weighted by molar-refractivity contribution is 5.23. The molecular formula is C38H38N2O5. The van der Waals surface area contributed by atoms with Crippen LogP contribution in [0.15, 0.2) is 128 Å². The molecule has 0 saturated carbocycles. The largest absolute Gasteiger partial charge is 0.472 e. The van der Waals surface area contributed by atoms with Crippen LogP contribution in [0.1, 0.15) is 39.7 Å². The van der Waals surface area contributed by atoms with Crippen LogP contribution < -0.4 is 4.74 Å². The Hall–Kier alpha value is -4.40. The van der Waals surface area contributed by atoms with Crippen LogP contribution in [-0.4, -0.2) is 34.9 Å². The summed E-state index contributed by atoms with van der Waals surface area (Å²) in [6.07, 6.45) is -0.0541. The summed E-state index contributed by atoms with van der Waals surface area (Å²) in [6.45, 7) is 3.93. The Kier molecular flexibility index (Phi) is 10.6. The Morgan fingerprint density at radius 2 is 1.09 bits per heavy atom. The fraction of sp³-hybridized carbons (Fsp3) is 0.263. The highest BCUT2D eigenvalue weighted by Crippen LogP contribution is 2.38. The Bertz CT molecular complexity index is 1590. The molecule has 4 aromatic carbocycles. The first-order valence-corrected chi connectivity index (χ1v) is 15.3. The zero-order chi connectivity index (χ0) is 30.7. The molecule has 0 aliphatic carbocycles. The molecule has 45 heavy (non-hydrogen) atoms. The first-order valence-electron chi connectivity index (χ1n) is 15.3. The molecule has 7 nitrogen and oxygen atoms in total. The molecule has 1 fully saturated rings. The van der Waals surface area contributed by atoms with Crippen molar-refractivity contribution in [3.8, 4) is 5.88 Å². The van der Waals surface area contributed by atoms with Crippen molar-refractivity contribution in [2.45, 2.75) is 57.8 Å². The van der Waals surface area contributed by atoms with Gasteiger partial charge < -0.3 is 23.7 Å². The monoisotopic (exact) mass is 602 g/mol. The predicted molar refractivity (Wildman–Crippen MR) is 171 cm³/mol. The summed E-state index contributed by atoms with van der Waals surface area (Å²) in [4.78, 5) is 9.54. The number of hydrogen-bond donors (Lipinski definition) is 0. The van der Waals surface area contributed by atoms with E-state index in [1.54, 1.807) is 6.20 Å². The molecular weight excluding hydrogens is 564 g/mol. The van der Waals surface area contributed by atoms with Crippen LogP contribution in [-0.2, 0) is 45.4 Å². The number of aromatic nitrogens is 2. The summed E-state index contributed by atoms with van der Waals surface area (Å²) >= 11 is 0. The number of ether oxygens (including phenoxy) is 5. The first-order chi connectivity index (χ1) is 22.2. The number of nitrogens with zero attached hydrogens (tertiary/aromatic N) is 2. The van der Waals surface area contributed by atoms with E-state index in [4.69, 9.17) is 28.7 Å². The molecule has 6 rings (SSSR count). The second kappa shape index (κ2) is 15.5. The number of benzene rings is 4. The third-order valence-electron chi connectivity index (χ3n) is 7.70. The van der Waals surface area contributed by atoms with Gasteiger partial charge in [0.2, 0.25) is 5.88 Å². The van der Waals surface area contributed by atoms with E-state index < -0.39 is 18.3 Å². The fourth-order valence-corrected chi connectivity index (χ4v) is 5.38. The lowest BCUT2D eigenvalue weighted by atomic mass is 10.0. The molecule has 2 heterocycles. The molecule has 1 aliphatic rings. The van der Waals surface area contributed by atoms with Gasteiger partial charge in [-0.25, -0.2) is 9.97 Å². The maximum Gasteiger partial charge on any atom is 0.235 e. The average Bonchev–Trinajstić information content (AvgIpc) is 3.44. The van der Waals surface area contributed by atoms with Crippen LogP contribution in [0.2, 0.25) is 0 Å². The molecule has 1 aliphatic heterocycles. The highest BCUT2D eigenvalue weighted by Gasteiger charge is 2.48. The topological polar surface area (TPSA) is 71.9 Å². The molecule has 0 bridgehead atoms. The maximum absolute atomic E-state index is 6.69. The molecule has 4 atom stereocenters. The van der Waals surface area contributed by atoms with Crippen molar-refractivity contribution in [3.05, 3.63) is 161 Å². The van der Waals surface area contributed by atoms with E-state index in [2.05, 4.69) is 17.1 Å². The Balaban J connectivity index is 1.24. The normalized spacial score (nSPS) is 19.4. The van der Waals surface area contributed by atoms with Gasteiger partial charge in [-0.05, 0) is 29.2 Å². The highest BCUT2D eigenvalue weighted by atomic mass is 16.6. The van der Waals surface area contributed by atoms with Crippen LogP contribution in [0, 0.1) is 6.92 Å². The molecule has 1 aromatic heterocycles. The number of hydrogen-bond acceptors (Lipinski definition) is 7. The standard InChI is InChI=1S/C38H38N2O5/c1-28-38(44-26-32-20-12-5-13-21-32)39-22-33(40-28)35-37(43-25-31-18-10-4-11-19-31)36(42-24-30-16-8-3-9-17-30)34(45-35)27-41-23-29-14-6-2-7-15-29/h2-22,34-37H,23-27H2,1H3. The van der Waals surface area contributed by atoms with Crippen LogP contribution in [0.5, 0.6) is 5.88 Å². The van der Waals surface area contributed by atoms with Crippen LogP contribution >= 0.6 is 0 Å². The number of aryl methyl sites for hydroxylation is 1. The lowest BCUT2D eigenvalue weighted by molar-refractivity contribution is -0.0898. The van der Waals surface area contributed by atoms with Crippen molar-refractivity contribution in [2.24, 2.45) is 0 Å². The van der Waals surface area contributed by atoms with Crippen LogP contribution in [0.25, 0.3) is 0 Å². The zero-order valence-corrected chi connectivity index (χ0v) is 25.4. The first kappa shape index (κ1) is 30.6. The Morgan fingerprint density at radius 1 is 0.600 bits per heavy atom. The lowest BCUT2D eigenvalue weighted by Gasteiger charge is -2.25. The van der Waals surface area contributed by atoms with Gasteiger partial charge in [0.25, 0.3) is 0 Å². The zero-order valence-electron chi connectivity index (χ0n) is 25.4. The van der Waals surface area contributed by atoms with Crippen molar-refractivity contribution in [2.75, 3.05) is 6.61 Å². The van der Waals surface area contributed by atoms with Gasteiger partial charge in [0, 0.05) is 0 Å². The summed E-state index contributed by atoms with van der Waals surface area (Å²) in [5, 5.41) is 0. The summed E-state index contributed by atoms with van der Waals surface area (Å²) in [5.41, 5.74) is 5.64. The fourth-order valence-electron chi connectivity index (χ4n) is 5.38. The van der Waals surface area contributed by atoms with Gasteiger partial charge in [-0.1, -0.05) is 121 Å². The molecule has 0 radical (unpaired) electrons. The van der Waals surface area contributed by atoms with E-state index in [9.17, 15) is 0 Å². The van der Waals surface area contributed by atoms with Crippen LogP contribution in [0.3, 0.4) is 0 Å². The van der Waals surface area contributed by atoms with Crippen molar-refractivity contribution in [3.63, 3.8) is 0 Å². The van der Waals surface area contributed by atoms with E-state index in [1.807, 2.05) is 116 Å². The molecule has 1 saturated heterocycles. The molecule has 4 unspecified atom stereocenters. The minimum Gasteiger partial charge on any atom is -0.472 e. The SMILES string of the molecule is Cc1nc(C2OC(COCc3ccccc3)C(OCc3ccccc3)C2OCc2ccccc2)cnc1OCc1ccccc1. The third-order valence-corrected chi connectivity index (χ3v) is 7.70. The third kappa shape index (κ3) is 8.41. The van der Waals surface area contributed by atoms with E-state index in [-0.39, 0.29) is 6.10 Å². The molecule has 7 heteroatoms. The minimum absolute atomic E-state index is 0.334. The average molecular weight is 603 g/mol. The molecule has 0 spiro atoms. The summed E-state index contributed by atoms with van der Waals surface area (Å²) in [6, 6.07) is 40.4. The molecule has 0 N–H and O–H groups in total. The van der Waals surface area contributed by atoms with Crippen molar-refractivity contribution in [1.29, 1.82) is 0 Å². The van der Waals surface area contributed by atoms with Crippen molar-refractivity contribution in [1.82, 2.24) is 9.97 Å². The van der Waals surface area contributed by atoms with Gasteiger partial charge in [-0.3, -0.25) is 0 Å². The smallest absolute Gasteiger partial charge is 0.235 e. The van der Waals surface area contributed by atoms with Crippen molar-refractivity contribution >= 4 is 0 Å². The predicted octanol–water partition coefficient (Wildman–Crippen LogP) is 7.19. The van der Waals surface area contributed by atoms with Gasteiger partial charge in [-0.15, -0.1) is 0 Å². The molecule has 5 aromatic rings. The second-order valence-corrected chi connectivity index (χ2v) is 11.1. The molecule has 0 amide bonds. The van der Waals surface area contributed by atoms with E-state index in [0.717, 1.165) is 22.3 Å².